The van der Waals surface area contributed by atoms with Crippen LogP contribution in [0.4, 0.5) is 0 Å². The fourth-order valence-electron chi connectivity index (χ4n) is 3.07. The van der Waals surface area contributed by atoms with Crippen molar-refractivity contribution in [1.82, 2.24) is 9.80 Å². The van der Waals surface area contributed by atoms with Crippen LogP contribution in [0.15, 0.2) is 0 Å². The van der Waals surface area contributed by atoms with Gasteiger partial charge in [-0.25, -0.2) is 0 Å². The van der Waals surface area contributed by atoms with Crippen LogP contribution in [0.5, 0.6) is 0 Å². The minimum absolute atomic E-state index is 0.133. The first-order chi connectivity index (χ1) is 11.5. The lowest BCUT2D eigenvalue weighted by molar-refractivity contribution is -0.175. The summed E-state index contributed by atoms with van der Waals surface area (Å²) in [6.07, 6.45) is -7.75. The molecule has 2 aliphatic heterocycles. The Hall–Kier alpha value is -2.86. The molecule has 0 radical (unpaired) electrons. The second kappa shape index (κ2) is 6.22. The lowest BCUT2D eigenvalue weighted by atomic mass is 9.96. The molecule has 0 aromatic rings. The number of amides is 4. The van der Waals surface area contributed by atoms with Crippen LogP contribution in [-0.2, 0) is 28.8 Å². The highest BCUT2D eigenvalue weighted by atomic mass is 16.4. The van der Waals surface area contributed by atoms with Gasteiger partial charge in [-0.1, -0.05) is 0 Å². The third-order valence-corrected chi connectivity index (χ3v) is 3.95. The molecule has 2 unspecified atom stereocenters. The van der Waals surface area contributed by atoms with Crippen LogP contribution in [0, 0.1) is 0 Å². The maximum absolute atomic E-state index is 12.1. The molecule has 0 spiro atoms. The number of rotatable bonds is 6. The molecular weight excluding hydrogens is 344 g/mol. The maximum Gasteiger partial charge on any atom is 0.307 e. The third-order valence-electron chi connectivity index (χ3n) is 3.95. The number of aliphatic carboxylic acids is 2. The first kappa shape index (κ1) is 18.5. The van der Waals surface area contributed by atoms with Crippen molar-refractivity contribution in [2.45, 2.75) is 43.6 Å². The number of nitrogens with zero attached hydrogens (tertiary/aromatic N) is 2. The molecule has 2 saturated heterocycles. The molecule has 25 heavy (non-hydrogen) atoms. The molecule has 2 heterocycles. The predicted octanol–water partition coefficient (Wildman–Crippen LogP) is -3.13. The SMILES string of the molecule is O=C(O)CC(CC(=O)O)(N1C(=O)CC(O)C1=O)N1C(=O)CC(O)C1=O. The average Bonchev–Trinajstić information content (AvgIpc) is 2.84. The topological polar surface area (TPSA) is 190 Å². The quantitative estimate of drug-likeness (QED) is 0.353. The van der Waals surface area contributed by atoms with Crippen molar-refractivity contribution in [2.24, 2.45) is 0 Å². The monoisotopic (exact) mass is 358 g/mol. The van der Waals surface area contributed by atoms with Crippen LogP contribution >= 0.6 is 0 Å². The number of aliphatic hydroxyl groups is 2. The summed E-state index contributed by atoms with van der Waals surface area (Å²) in [7, 11) is 0. The van der Waals surface area contributed by atoms with Gasteiger partial charge in [-0.15, -0.1) is 0 Å². The maximum atomic E-state index is 12.1. The molecule has 2 rings (SSSR count). The van der Waals surface area contributed by atoms with Gasteiger partial charge in [0.25, 0.3) is 11.8 Å². The second-order valence-corrected chi connectivity index (χ2v) is 5.70. The smallest absolute Gasteiger partial charge is 0.307 e. The van der Waals surface area contributed by atoms with E-state index in [0.29, 0.717) is 0 Å². The van der Waals surface area contributed by atoms with Crippen molar-refractivity contribution < 1.29 is 49.2 Å². The normalized spacial score (nSPS) is 24.4. The Morgan fingerprint density at radius 1 is 0.840 bits per heavy atom. The molecule has 136 valence electrons. The zero-order chi connectivity index (χ0) is 19.1. The van der Waals surface area contributed by atoms with Crippen molar-refractivity contribution in [3.8, 4) is 0 Å². The fourth-order valence-corrected chi connectivity index (χ4v) is 3.07. The largest absolute Gasteiger partial charge is 0.481 e. The summed E-state index contributed by atoms with van der Waals surface area (Å²) in [5.41, 5.74) is -2.70. The Balaban J connectivity index is 2.68. The Kier molecular flexibility index (Phi) is 4.59. The van der Waals surface area contributed by atoms with E-state index in [-0.39, 0.29) is 9.80 Å². The summed E-state index contributed by atoms with van der Waals surface area (Å²) in [4.78, 5) is 71.3. The average molecular weight is 358 g/mol. The third kappa shape index (κ3) is 2.96. The first-order valence-electron chi connectivity index (χ1n) is 7.05. The summed E-state index contributed by atoms with van der Waals surface area (Å²) < 4.78 is 0. The van der Waals surface area contributed by atoms with E-state index in [2.05, 4.69) is 0 Å². The lowest BCUT2D eigenvalue weighted by Gasteiger charge is -2.43. The van der Waals surface area contributed by atoms with Crippen LogP contribution in [0.25, 0.3) is 0 Å². The molecule has 2 fully saturated rings. The molecule has 12 nitrogen and oxygen atoms in total. The van der Waals surface area contributed by atoms with Gasteiger partial charge in [-0.2, -0.15) is 0 Å². The number of carbonyl (C=O) groups excluding carboxylic acids is 4. The second-order valence-electron chi connectivity index (χ2n) is 5.70. The molecule has 2 atom stereocenters. The Morgan fingerprint density at radius 3 is 1.36 bits per heavy atom. The van der Waals surface area contributed by atoms with Gasteiger partial charge < -0.3 is 20.4 Å². The number of carboxylic acids is 2. The Morgan fingerprint density at radius 2 is 1.16 bits per heavy atom. The molecule has 12 heteroatoms. The Labute approximate surface area is 139 Å². The van der Waals surface area contributed by atoms with E-state index < -0.39 is 79.1 Å². The molecule has 2 aliphatic rings. The summed E-state index contributed by atoms with van der Waals surface area (Å²) in [5.74, 6) is -8.33. The van der Waals surface area contributed by atoms with Crippen molar-refractivity contribution in [2.75, 3.05) is 0 Å². The fraction of sp³-hybridized carbons (Fsp3) is 0.538. The molecule has 4 N–H and O–H groups in total. The van der Waals surface area contributed by atoms with Gasteiger partial charge in [0.2, 0.25) is 11.8 Å². The van der Waals surface area contributed by atoms with Gasteiger partial charge in [0, 0.05) is 0 Å². The van der Waals surface area contributed by atoms with E-state index in [1.54, 1.807) is 0 Å². The lowest BCUT2D eigenvalue weighted by Crippen LogP contribution is -2.66. The van der Waals surface area contributed by atoms with Gasteiger partial charge in [-0.05, 0) is 0 Å². The van der Waals surface area contributed by atoms with Crippen LogP contribution < -0.4 is 0 Å². The minimum Gasteiger partial charge on any atom is -0.481 e. The van der Waals surface area contributed by atoms with Gasteiger partial charge in [0.1, 0.15) is 12.2 Å². The molecule has 0 bridgehead atoms. The van der Waals surface area contributed by atoms with E-state index >= 15 is 0 Å². The highest BCUT2D eigenvalue weighted by Gasteiger charge is 2.60. The van der Waals surface area contributed by atoms with E-state index in [4.69, 9.17) is 10.2 Å². The van der Waals surface area contributed by atoms with E-state index in [9.17, 15) is 39.0 Å². The van der Waals surface area contributed by atoms with E-state index in [1.165, 1.54) is 0 Å². The van der Waals surface area contributed by atoms with E-state index in [1.807, 2.05) is 0 Å². The summed E-state index contributed by atoms with van der Waals surface area (Å²) in [6.45, 7) is 0. The standard InChI is InChI=1S/C13H14N2O10/c16-5-1-7(18)14(11(5)24)13(3-9(20)21,4-10(22)23)15-8(19)2-6(17)12(15)25/h5-6,16-17H,1-4H2,(H,20,21)(H,22,23). The minimum atomic E-state index is -2.70. The van der Waals surface area contributed by atoms with Crippen molar-refractivity contribution in [3.63, 3.8) is 0 Å². The van der Waals surface area contributed by atoms with E-state index in [0.717, 1.165) is 0 Å². The molecule has 0 aromatic carbocycles. The van der Waals surface area contributed by atoms with Crippen molar-refractivity contribution in [1.29, 1.82) is 0 Å². The summed E-state index contributed by atoms with van der Waals surface area (Å²) in [5, 5.41) is 37.4. The highest BCUT2D eigenvalue weighted by Crippen LogP contribution is 2.37. The summed E-state index contributed by atoms with van der Waals surface area (Å²) in [6, 6.07) is 0. The Bertz CT molecular complexity index is 628. The molecule has 0 aromatic heterocycles. The first-order valence-corrected chi connectivity index (χ1v) is 7.05. The molecule has 0 aliphatic carbocycles. The number of imide groups is 2. The number of carbonyl (C=O) groups is 6. The van der Waals surface area contributed by atoms with Crippen LogP contribution in [0.1, 0.15) is 25.7 Å². The predicted molar refractivity (Wildman–Crippen MR) is 72.2 cm³/mol. The molecular formula is C13H14N2O10. The highest BCUT2D eigenvalue weighted by molar-refractivity contribution is 6.10. The molecule has 4 amide bonds. The van der Waals surface area contributed by atoms with Gasteiger partial charge in [0.05, 0.1) is 25.7 Å². The van der Waals surface area contributed by atoms with Gasteiger partial charge in [0.15, 0.2) is 5.66 Å². The zero-order valence-corrected chi connectivity index (χ0v) is 12.6. The van der Waals surface area contributed by atoms with Crippen LogP contribution in [0.3, 0.4) is 0 Å². The molecule has 0 saturated carbocycles. The number of hydrogen-bond donors (Lipinski definition) is 4. The number of carboxylic acid groups (broad SMARTS) is 2. The summed E-state index contributed by atoms with van der Waals surface area (Å²) >= 11 is 0. The van der Waals surface area contributed by atoms with Crippen LogP contribution in [-0.4, -0.2) is 83.7 Å². The van der Waals surface area contributed by atoms with Crippen molar-refractivity contribution >= 4 is 35.6 Å². The van der Waals surface area contributed by atoms with Gasteiger partial charge in [-0.3, -0.25) is 38.6 Å². The zero-order valence-electron chi connectivity index (χ0n) is 12.6. The van der Waals surface area contributed by atoms with Gasteiger partial charge >= 0.3 is 11.9 Å². The number of hydrogen-bond acceptors (Lipinski definition) is 8. The number of aliphatic hydroxyl groups excluding tert-OH is 2. The van der Waals surface area contributed by atoms with Crippen molar-refractivity contribution in [3.05, 3.63) is 0 Å². The van der Waals surface area contributed by atoms with Crippen LogP contribution in [0.2, 0.25) is 0 Å². The number of likely N-dealkylation sites (tertiary alicyclic amines) is 2.